The van der Waals surface area contributed by atoms with Gasteiger partial charge in [-0.2, -0.15) is 0 Å². The van der Waals surface area contributed by atoms with Crippen LogP contribution in [0, 0.1) is 0 Å². The molecule has 1 aliphatic rings. The first-order chi connectivity index (χ1) is 10.2. The molecule has 0 bridgehead atoms. The van der Waals surface area contributed by atoms with Gasteiger partial charge in [-0.05, 0) is 16.0 Å². The summed E-state index contributed by atoms with van der Waals surface area (Å²) in [6, 6.07) is 8.90. The summed E-state index contributed by atoms with van der Waals surface area (Å²) in [5.41, 5.74) is 3.39. The van der Waals surface area contributed by atoms with Crippen molar-refractivity contribution in [1.82, 2.24) is 30.6 Å². The number of nitrogens with one attached hydrogen (secondary N) is 1. The van der Waals surface area contributed by atoms with Gasteiger partial charge in [0.25, 0.3) is 11.8 Å². The van der Waals surface area contributed by atoms with Gasteiger partial charge < -0.3 is 0 Å². The molecule has 2 unspecified atom stereocenters. The Balaban J connectivity index is 1.69. The molecule has 2 amide bonds. The van der Waals surface area contributed by atoms with Gasteiger partial charge in [-0.25, -0.2) is 9.69 Å². The van der Waals surface area contributed by atoms with Gasteiger partial charge in [-0.15, -0.1) is 16.7 Å². The smallest absolute Gasteiger partial charge is 0.262 e. The predicted molar refractivity (Wildman–Crippen MR) is 71.6 cm³/mol. The summed E-state index contributed by atoms with van der Waals surface area (Å²) < 4.78 is 1.26. The second kappa shape index (κ2) is 5.49. The highest BCUT2D eigenvalue weighted by Gasteiger charge is 2.48. The number of aromatic nitrogens is 4. The number of β-lactam (4-membered cyclic amide) rings is 1. The van der Waals surface area contributed by atoms with Crippen LogP contribution >= 0.6 is 11.6 Å². The molecule has 0 aliphatic carbocycles. The minimum absolute atomic E-state index is 0.0781. The van der Waals surface area contributed by atoms with Gasteiger partial charge in [0.15, 0.2) is 0 Å². The zero-order chi connectivity index (χ0) is 14.8. The molecule has 1 aliphatic heterocycles. The molecule has 0 spiro atoms. The number of amides is 2. The Labute approximate surface area is 124 Å². The number of tetrazole rings is 1. The molecule has 2 heterocycles. The first-order valence-electron chi connectivity index (χ1n) is 6.19. The number of benzene rings is 1. The van der Waals surface area contributed by atoms with E-state index in [1.54, 1.807) is 0 Å². The topological polar surface area (TPSA) is 93.0 Å². The Morgan fingerprint density at radius 2 is 2.10 bits per heavy atom. The van der Waals surface area contributed by atoms with Crippen molar-refractivity contribution in [3.63, 3.8) is 0 Å². The number of carbonyl (C=O) groups excluding carboxylic acids is 2. The lowest BCUT2D eigenvalue weighted by atomic mass is 9.95. The van der Waals surface area contributed by atoms with Crippen LogP contribution in [-0.2, 0) is 16.1 Å². The van der Waals surface area contributed by atoms with E-state index in [0.29, 0.717) is 0 Å². The predicted octanol–water partition coefficient (Wildman–Crippen LogP) is -0.105. The SMILES string of the molecule is O=C(Cn1cnnn1)NN1C(=O)C(Cl)C1c1ccccc1. The molecule has 21 heavy (non-hydrogen) atoms. The number of hydrogen-bond acceptors (Lipinski definition) is 5. The third-order valence-corrected chi connectivity index (χ3v) is 3.54. The largest absolute Gasteiger partial charge is 0.271 e. The molecule has 1 aromatic heterocycles. The van der Waals surface area contributed by atoms with E-state index in [9.17, 15) is 9.59 Å². The van der Waals surface area contributed by atoms with E-state index in [4.69, 9.17) is 11.6 Å². The van der Waals surface area contributed by atoms with Crippen molar-refractivity contribution in [1.29, 1.82) is 0 Å². The molecular formula is C12H11ClN6O2. The molecule has 2 aromatic rings. The van der Waals surface area contributed by atoms with Gasteiger partial charge in [-0.1, -0.05) is 30.3 Å². The van der Waals surface area contributed by atoms with Gasteiger partial charge in [0.05, 0.1) is 0 Å². The van der Waals surface area contributed by atoms with Crippen molar-refractivity contribution in [2.75, 3.05) is 0 Å². The number of halogens is 1. The van der Waals surface area contributed by atoms with E-state index in [1.807, 2.05) is 30.3 Å². The van der Waals surface area contributed by atoms with E-state index in [0.717, 1.165) is 5.56 Å². The van der Waals surface area contributed by atoms with Gasteiger partial charge in [0.2, 0.25) is 0 Å². The van der Waals surface area contributed by atoms with Crippen LogP contribution in [0.2, 0.25) is 0 Å². The van der Waals surface area contributed by atoms with Crippen LogP contribution in [0.4, 0.5) is 0 Å². The molecule has 1 N–H and O–H groups in total. The quantitative estimate of drug-likeness (QED) is 0.629. The van der Waals surface area contributed by atoms with Crippen LogP contribution in [0.25, 0.3) is 0 Å². The third kappa shape index (κ3) is 2.57. The van der Waals surface area contributed by atoms with Crippen molar-refractivity contribution in [3.8, 4) is 0 Å². The fraction of sp³-hybridized carbons (Fsp3) is 0.250. The fourth-order valence-corrected chi connectivity index (χ4v) is 2.48. The van der Waals surface area contributed by atoms with Gasteiger partial charge >= 0.3 is 0 Å². The monoisotopic (exact) mass is 306 g/mol. The summed E-state index contributed by atoms with van der Waals surface area (Å²) >= 11 is 6.04. The summed E-state index contributed by atoms with van der Waals surface area (Å²) in [7, 11) is 0. The molecule has 108 valence electrons. The summed E-state index contributed by atoms with van der Waals surface area (Å²) in [4.78, 5) is 23.7. The number of rotatable bonds is 4. The van der Waals surface area contributed by atoms with E-state index in [1.165, 1.54) is 16.0 Å². The Hall–Kier alpha value is -2.48. The van der Waals surface area contributed by atoms with Crippen LogP contribution in [0.1, 0.15) is 11.6 Å². The lowest BCUT2D eigenvalue weighted by molar-refractivity contribution is -0.156. The van der Waals surface area contributed by atoms with E-state index >= 15 is 0 Å². The molecule has 9 heteroatoms. The average Bonchev–Trinajstić information content (AvgIpc) is 3.00. The van der Waals surface area contributed by atoms with E-state index in [2.05, 4.69) is 21.0 Å². The zero-order valence-electron chi connectivity index (χ0n) is 10.8. The standard InChI is InChI=1S/C12H11ClN6O2/c13-10-11(8-4-2-1-3-5-8)19(12(10)21)15-9(20)6-18-7-14-16-17-18/h1-5,7,10-11H,6H2,(H,15,20). The molecule has 8 nitrogen and oxygen atoms in total. The van der Waals surface area contributed by atoms with Crippen molar-refractivity contribution in [3.05, 3.63) is 42.2 Å². The fourth-order valence-electron chi connectivity index (χ4n) is 2.12. The lowest BCUT2D eigenvalue weighted by Gasteiger charge is -2.43. The highest BCUT2D eigenvalue weighted by atomic mass is 35.5. The second-order valence-electron chi connectivity index (χ2n) is 4.51. The molecule has 0 saturated carbocycles. The highest BCUT2D eigenvalue weighted by Crippen LogP contribution is 2.36. The molecule has 1 fully saturated rings. The maximum Gasteiger partial charge on any atom is 0.262 e. The summed E-state index contributed by atoms with van der Waals surface area (Å²) in [6.45, 7) is -0.0781. The third-order valence-electron chi connectivity index (χ3n) is 3.11. The minimum Gasteiger partial charge on any atom is -0.271 e. The molecule has 2 atom stereocenters. The van der Waals surface area contributed by atoms with Crippen LogP contribution in [-0.4, -0.2) is 42.4 Å². The Morgan fingerprint density at radius 3 is 2.76 bits per heavy atom. The molecule has 0 radical (unpaired) electrons. The van der Waals surface area contributed by atoms with Gasteiger partial charge in [-0.3, -0.25) is 15.0 Å². The maximum absolute atomic E-state index is 11.9. The number of hydrazine groups is 1. The van der Waals surface area contributed by atoms with Crippen LogP contribution in [0.3, 0.4) is 0 Å². The second-order valence-corrected chi connectivity index (χ2v) is 4.98. The van der Waals surface area contributed by atoms with Gasteiger partial charge in [0, 0.05) is 0 Å². The number of nitrogens with zero attached hydrogens (tertiary/aromatic N) is 5. The van der Waals surface area contributed by atoms with Crippen molar-refractivity contribution >= 4 is 23.4 Å². The maximum atomic E-state index is 11.9. The summed E-state index contributed by atoms with van der Waals surface area (Å²) in [6.07, 6.45) is 1.32. The molecular weight excluding hydrogens is 296 g/mol. The lowest BCUT2D eigenvalue weighted by Crippen LogP contribution is -2.63. The van der Waals surface area contributed by atoms with E-state index < -0.39 is 11.3 Å². The minimum atomic E-state index is -0.680. The molecule has 1 saturated heterocycles. The summed E-state index contributed by atoms with van der Waals surface area (Å²) in [5.74, 6) is -0.740. The Kier molecular flexibility index (Phi) is 3.53. The summed E-state index contributed by atoms with van der Waals surface area (Å²) in [5, 5.41) is 11.0. The average molecular weight is 307 g/mol. The Bertz CT molecular complexity index is 647. The first kappa shape index (κ1) is 13.5. The molecule has 1 aromatic carbocycles. The van der Waals surface area contributed by atoms with Crippen LogP contribution < -0.4 is 5.43 Å². The Morgan fingerprint density at radius 1 is 1.33 bits per heavy atom. The number of alkyl halides is 1. The normalized spacial score (nSPS) is 21.0. The van der Waals surface area contributed by atoms with E-state index in [-0.39, 0.29) is 18.5 Å². The van der Waals surface area contributed by atoms with Gasteiger partial charge in [0.1, 0.15) is 24.3 Å². The van der Waals surface area contributed by atoms with Crippen molar-refractivity contribution < 1.29 is 9.59 Å². The van der Waals surface area contributed by atoms with Crippen molar-refractivity contribution in [2.45, 2.75) is 18.0 Å². The number of hydrogen-bond donors (Lipinski definition) is 1. The van der Waals surface area contributed by atoms with Crippen molar-refractivity contribution in [2.24, 2.45) is 0 Å². The highest BCUT2D eigenvalue weighted by molar-refractivity contribution is 6.33. The zero-order valence-corrected chi connectivity index (χ0v) is 11.5. The van der Waals surface area contributed by atoms with Crippen LogP contribution in [0.15, 0.2) is 36.7 Å². The number of carbonyl (C=O) groups is 2. The van der Waals surface area contributed by atoms with Crippen LogP contribution in [0.5, 0.6) is 0 Å². The molecule has 3 rings (SSSR count). The first-order valence-corrected chi connectivity index (χ1v) is 6.63.